The topological polar surface area (TPSA) is 113 Å². The summed E-state index contributed by atoms with van der Waals surface area (Å²) in [6.07, 6.45) is 1.43. The van der Waals surface area contributed by atoms with Crippen molar-refractivity contribution in [3.8, 4) is 0 Å². The lowest BCUT2D eigenvalue weighted by atomic mass is 10.1. The van der Waals surface area contributed by atoms with Gasteiger partial charge in [-0.1, -0.05) is 12.1 Å². The summed E-state index contributed by atoms with van der Waals surface area (Å²) in [5.41, 5.74) is 10.9. The second-order valence-electron chi connectivity index (χ2n) is 4.57. The van der Waals surface area contributed by atoms with Gasteiger partial charge in [0.05, 0.1) is 6.54 Å². The lowest BCUT2D eigenvalue weighted by Gasteiger charge is -2.09. The Hall–Kier alpha value is -2.67. The van der Waals surface area contributed by atoms with E-state index in [0.717, 1.165) is 10.1 Å². The molecule has 0 aliphatic heterocycles. The number of amides is 1. The van der Waals surface area contributed by atoms with Crippen molar-refractivity contribution in [2.45, 2.75) is 13.1 Å². The Morgan fingerprint density at radius 1 is 1.19 bits per heavy atom. The molecule has 7 nitrogen and oxygen atoms in total. The molecule has 0 bridgehead atoms. The standard InChI is InChI=1S/C14H16N4O3/c15-5-7-18-12(19)4-6-17(14(18)21)9-10-2-1-3-11(8-10)13(16)20/h1-4,6,8H,5,7,9,15H2,(H2,16,20). The third kappa shape index (κ3) is 3.26. The van der Waals surface area contributed by atoms with E-state index in [1.54, 1.807) is 24.3 Å². The van der Waals surface area contributed by atoms with Crippen molar-refractivity contribution in [1.29, 1.82) is 0 Å². The predicted octanol–water partition coefficient (Wildman–Crippen LogP) is -0.884. The molecule has 0 fully saturated rings. The van der Waals surface area contributed by atoms with Crippen LogP contribution < -0.4 is 22.7 Å². The second kappa shape index (κ2) is 6.19. The Morgan fingerprint density at radius 3 is 2.62 bits per heavy atom. The minimum atomic E-state index is -0.530. The molecule has 2 rings (SSSR count). The first-order valence-corrected chi connectivity index (χ1v) is 6.42. The largest absolute Gasteiger partial charge is 0.366 e. The van der Waals surface area contributed by atoms with Gasteiger partial charge in [-0.25, -0.2) is 4.79 Å². The van der Waals surface area contributed by atoms with Crippen molar-refractivity contribution in [2.75, 3.05) is 6.54 Å². The number of hydrogen-bond acceptors (Lipinski definition) is 4. The monoisotopic (exact) mass is 288 g/mol. The molecule has 0 unspecified atom stereocenters. The first-order chi connectivity index (χ1) is 10.0. The van der Waals surface area contributed by atoms with Gasteiger partial charge in [-0.05, 0) is 17.7 Å². The first kappa shape index (κ1) is 14.7. The number of carbonyl (C=O) groups excluding carboxylic acids is 1. The number of aromatic nitrogens is 2. The molecular formula is C14H16N4O3. The molecule has 0 saturated heterocycles. The summed E-state index contributed by atoms with van der Waals surface area (Å²) in [6.45, 7) is 0.612. The molecule has 7 heteroatoms. The van der Waals surface area contributed by atoms with Crippen LogP contribution >= 0.6 is 0 Å². The smallest absolute Gasteiger partial charge is 0.331 e. The highest BCUT2D eigenvalue weighted by atomic mass is 16.2. The maximum atomic E-state index is 12.2. The maximum Gasteiger partial charge on any atom is 0.331 e. The SMILES string of the molecule is NCCn1c(=O)ccn(Cc2cccc(C(N)=O)c2)c1=O. The number of nitrogens with zero attached hydrogens (tertiary/aromatic N) is 2. The summed E-state index contributed by atoms with van der Waals surface area (Å²) in [5, 5.41) is 0. The fourth-order valence-corrected chi connectivity index (χ4v) is 2.03. The summed E-state index contributed by atoms with van der Waals surface area (Å²) < 4.78 is 2.47. The van der Waals surface area contributed by atoms with Crippen LogP contribution in [0.2, 0.25) is 0 Å². The first-order valence-electron chi connectivity index (χ1n) is 6.42. The van der Waals surface area contributed by atoms with E-state index in [4.69, 9.17) is 11.5 Å². The summed E-state index contributed by atoms with van der Waals surface area (Å²) in [6, 6.07) is 8.00. The third-order valence-corrected chi connectivity index (χ3v) is 3.06. The summed E-state index contributed by atoms with van der Waals surface area (Å²) in [4.78, 5) is 34.9. The molecule has 0 saturated carbocycles. The molecule has 21 heavy (non-hydrogen) atoms. The van der Waals surface area contributed by atoms with Crippen LogP contribution in [0.15, 0.2) is 46.1 Å². The van der Waals surface area contributed by atoms with E-state index in [9.17, 15) is 14.4 Å². The Balaban J connectivity index is 2.38. The molecule has 1 amide bonds. The molecule has 0 radical (unpaired) electrons. The van der Waals surface area contributed by atoms with Crippen LogP contribution in [0.5, 0.6) is 0 Å². The summed E-state index contributed by atoms with van der Waals surface area (Å²) in [5.74, 6) is -0.530. The minimum Gasteiger partial charge on any atom is -0.366 e. The average molecular weight is 288 g/mol. The van der Waals surface area contributed by atoms with E-state index in [2.05, 4.69) is 0 Å². The fourth-order valence-electron chi connectivity index (χ4n) is 2.03. The molecule has 2 aromatic rings. The molecule has 110 valence electrons. The molecule has 1 aromatic heterocycles. The van der Waals surface area contributed by atoms with E-state index >= 15 is 0 Å². The Bertz CT molecular complexity index is 776. The molecule has 1 heterocycles. The zero-order valence-electron chi connectivity index (χ0n) is 11.4. The molecule has 0 aliphatic rings. The van der Waals surface area contributed by atoms with E-state index in [0.29, 0.717) is 5.56 Å². The van der Waals surface area contributed by atoms with Crippen LogP contribution in [0.4, 0.5) is 0 Å². The van der Waals surface area contributed by atoms with Crippen LogP contribution in [-0.2, 0) is 13.1 Å². The van der Waals surface area contributed by atoms with Crippen LogP contribution in [0.25, 0.3) is 0 Å². The molecule has 4 N–H and O–H groups in total. The van der Waals surface area contributed by atoms with Crippen LogP contribution in [0.1, 0.15) is 15.9 Å². The number of carbonyl (C=O) groups is 1. The number of benzene rings is 1. The van der Waals surface area contributed by atoms with Gasteiger partial charge in [0, 0.05) is 30.9 Å². The predicted molar refractivity (Wildman–Crippen MR) is 78.1 cm³/mol. The van der Waals surface area contributed by atoms with Crippen LogP contribution in [-0.4, -0.2) is 21.6 Å². The van der Waals surface area contributed by atoms with Crippen molar-refractivity contribution in [3.05, 3.63) is 68.5 Å². The average Bonchev–Trinajstić information content (AvgIpc) is 2.47. The van der Waals surface area contributed by atoms with Gasteiger partial charge in [-0.15, -0.1) is 0 Å². The van der Waals surface area contributed by atoms with Gasteiger partial charge in [0.25, 0.3) is 5.56 Å². The lowest BCUT2D eigenvalue weighted by Crippen LogP contribution is -2.40. The number of primary amides is 1. The van der Waals surface area contributed by atoms with Crippen molar-refractivity contribution in [3.63, 3.8) is 0 Å². The lowest BCUT2D eigenvalue weighted by molar-refractivity contribution is 0.1000. The molecule has 1 aromatic carbocycles. The molecular weight excluding hydrogens is 272 g/mol. The fraction of sp³-hybridized carbons (Fsp3) is 0.214. The van der Waals surface area contributed by atoms with Crippen LogP contribution in [0.3, 0.4) is 0 Å². The highest BCUT2D eigenvalue weighted by molar-refractivity contribution is 5.92. The zero-order chi connectivity index (χ0) is 15.4. The van der Waals surface area contributed by atoms with E-state index in [1.165, 1.54) is 16.8 Å². The van der Waals surface area contributed by atoms with E-state index in [1.807, 2.05) is 0 Å². The normalized spacial score (nSPS) is 10.5. The van der Waals surface area contributed by atoms with Crippen molar-refractivity contribution in [2.24, 2.45) is 11.5 Å². The van der Waals surface area contributed by atoms with E-state index < -0.39 is 11.6 Å². The summed E-state index contributed by atoms with van der Waals surface area (Å²) in [7, 11) is 0. The zero-order valence-corrected chi connectivity index (χ0v) is 11.4. The minimum absolute atomic E-state index is 0.167. The van der Waals surface area contributed by atoms with Crippen LogP contribution in [0, 0.1) is 0 Å². The Kier molecular flexibility index (Phi) is 4.34. The number of nitrogens with two attached hydrogens (primary N) is 2. The molecule has 0 spiro atoms. The van der Waals surface area contributed by atoms with Crippen molar-refractivity contribution in [1.82, 2.24) is 9.13 Å². The van der Waals surface area contributed by atoms with Gasteiger partial charge in [0.15, 0.2) is 0 Å². The summed E-state index contributed by atoms with van der Waals surface area (Å²) >= 11 is 0. The third-order valence-electron chi connectivity index (χ3n) is 3.06. The second-order valence-corrected chi connectivity index (χ2v) is 4.57. The van der Waals surface area contributed by atoms with Gasteiger partial charge >= 0.3 is 5.69 Å². The molecule has 0 aliphatic carbocycles. The maximum absolute atomic E-state index is 12.2. The van der Waals surface area contributed by atoms with Gasteiger partial charge in [0.1, 0.15) is 0 Å². The highest BCUT2D eigenvalue weighted by Crippen LogP contribution is 2.05. The van der Waals surface area contributed by atoms with Gasteiger partial charge in [-0.3, -0.25) is 18.7 Å². The Labute approximate surface area is 120 Å². The number of rotatable bonds is 5. The van der Waals surface area contributed by atoms with Gasteiger partial charge < -0.3 is 11.5 Å². The molecule has 0 atom stereocenters. The van der Waals surface area contributed by atoms with Crippen molar-refractivity contribution < 1.29 is 4.79 Å². The number of hydrogen-bond donors (Lipinski definition) is 2. The van der Waals surface area contributed by atoms with Crippen molar-refractivity contribution >= 4 is 5.91 Å². The Morgan fingerprint density at radius 2 is 1.95 bits per heavy atom. The quantitative estimate of drug-likeness (QED) is 0.743. The van der Waals surface area contributed by atoms with Gasteiger partial charge in [-0.2, -0.15) is 0 Å². The van der Waals surface area contributed by atoms with Gasteiger partial charge in [0.2, 0.25) is 5.91 Å². The van der Waals surface area contributed by atoms with E-state index in [-0.39, 0.29) is 25.2 Å². The highest BCUT2D eigenvalue weighted by Gasteiger charge is 2.06.